The largest absolute Gasteiger partial charge is 0.382 e. The van der Waals surface area contributed by atoms with Crippen LogP contribution in [-0.4, -0.2) is 75.0 Å². The Bertz CT molecular complexity index is 351. The Hall–Kier alpha value is -0.850. The van der Waals surface area contributed by atoms with Crippen LogP contribution in [0.2, 0.25) is 0 Å². The number of guanidine groups is 1. The summed E-state index contributed by atoms with van der Waals surface area (Å²) in [5, 5.41) is 6.78. The molecule has 1 aliphatic heterocycles. The lowest BCUT2D eigenvalue weighted by Crippen LogP contribution is -2.59. The molecule has 0 amide bonds. The number of ether oxygens (including phenoxy) is 2. The van der Waals surface area contributed by atoms with E-state index in [0.717, 1.165) is 51.8 Å². The fraction of sp³-hybridized carbons (Fsp3) is 0.941. The summed E-state index contributed by atoms with van der Waals surface area (Å²) in [4.78, 5) is 6.80. The molecule has 0 aromatic heterocycles. The first kappa shape index (κ1) is 20.2. The number of morpholine rings is 1. The smallest absolute Gasteiger partial charge is 0.191 e. The molecule has 0 aromatic rings. The molecular weight excluding hydrogens is 292 g/mol. The molecule has 0 aliphatic carbocycles. The molecule has 2 atom stereocenters. The summed E-state index contributed by atoms with van der Waals surface area (Å²) >= 11 is 0. The Morgan fingerprint density at radius 1 is 1.26 bits per heavy atom. The van der Waals surface area contributed by atoms with Gasteiger partial charge in [-0.15, -0.1) is 0 Å². The molecule has 2 unspecified atom stereocenters. The SMILES string of the molecule is CCOCCCNC(=NC)NCC(C)(C)N1CC(C)OC(C)C1. The van der Waals surface area contributed by atoms with Crippen LogP contribution >= 0.6 is 0 Å². The van der Waals surface area contributed by atoms with Gasteiger partial charge in [0.1, 0.15) is 0 Å². The van der Waals surface area contributed by atoms with Crippen molar-refractivity contribution in [1.82, 2.24) is 15.5 Å². The molecule has 1 rings (SSSR count). The maximum Gasteiger partial charge on any atom is 0.191 e. The summed E-state index contributed by atoms with van der Waals surface area (Å²) < 4.78 is 11.2. The number of aliphatic imine (C=N–C) groups is 1. The van der Waals surface area contributed by atoms with Crippen molar-refractivity contribution in [3.05, 3.63) is 0 Å². The molecule has 2 N–H and O–H groups in total. The molecule has 136 valence electrons. The summed E-state index contributed by atoms with van der Waals surface area (Å²) in [7, 11) is 1.81. The van der Waals surface area contributed by atoms with Crippen molar-refractivity contribution in [3.63, 3.8) is 0 Å². The van der Waals surface area contributed by atoms with Gasteiger partial charge in [-0.05, 0) is 41.0 Å². The maximum absolute atomic E-state index is 5.83. The Kier molecular flexibility index (Phi) is 8.87. The molecule has 1 aliphatic rings. The van der Waals surface area contributed by atoms with Crippen LogP contribution in [0.5, 0.6) is 0 Å². The molecule has 1 saturated heterocycles. The van der Waals surface area contributed by atoms with Crippen molar-refractivity contribution in [3.8, 4) is 0 Å². The third kappa shape index (κ3) is 7.50. The highest BCUT2D eigenvalue weighted by molar-refractivity contribution is 5.79. The fourth-order valence-corrected chi connectivity index (χ4v) is 2.83. The Labute approximate surface area is 142 Å². The van der Waals surface area contributed by atoms with E-state index in [0.29, 0.717) is 0 Å². The average Bonchev–Trinajstić information content (AvgIpc) is 2.49. The van der Waals surface area contributed by atoms with Gasteiger partial charge in [-0.1, -0.05) is 0 Å². The quantitative estimate of drug-likeness (QED) is 0.401. The van der Waals surface area contributed by atoms with E-state index >= 15 is 0 Å². The van der Waals surface area contributed by atoms with E-state index in [1.54, 1.807) is 0 Å². The lowest BCUT2D eigenvalue weighted by molar-refractivity contribution is -0.0946. The molecule has 0 bridgehead atoms. The zero-order chi connectivity index (χ0) is 17.3. The molecule has 0 radical (unpaired) electrons. The highest BCUT2D eigenvalue weighted by Gasteiger charge is 2.33. The number of rotatable bonds is 8. The summed E-state index contributed by atoms with van der Waals surface area (Å²) in [5.74, 6) is 0.851. The van der Waals surface area contributed by atoms with Gasteiger partial charge < -0.3 is 20.1 Å². The summed E-state index contributed by atoms with van der Waals surface area (Å²) in [6.07, 6.45) is 1.55. The van der Waals surface area contributed by atoms with Crippen molar-refractivity contribution in [2.75, 3.05) is 46.4 Å². The summed E-state index contributed by atoms with van der Waals surface area (Å²) in [6.45, 7) is 16.1. The van der Waals surface area contributed by atoms with E-state index in [1.807, 2.05) is 14.0 Å². The Balaban J connectivity index is 2.37. The molecule has 1 heterocycles. The minimum absolute atomic E-state index is 0.0508. The highest BCUT2D eigenvalue weighted by atomic mass is 16.5. The van der Waals surface area contributed by atoms with Crippen LogP contribution in [0.25, 0.3) is 0 Å². The van der Waals surface area contributed by atoms with Gasteiger partial charge in [-0.3, -0.25) is 9.89 Å². The van der Waals surface area contributed by atoms with E-state index in [1.165, 1.54) is 0 Å². The topological polar surface area (TPSA) is 58.1 Å². The first-order chi connectivity index (χ1) is 10.9. The molecule has 6 heteroatoms. The first-order valence-electron chi connectivity index (χ1n) is 8.81. The third-order valence-corrected chi connectivity index (χ3v) is 4.15. The maximum atomic E-state index is 5.83. The average molecular weight is 329 g/mol. The van der Waals surface area contributed by atoms with Gasteiger partial charge in [0.25, 0.3) is 0 Å². The number of hydrogen-bond acceptors (Lipinski definition) is 4. The van der Waals surface area contributed by atoms with Crippen LogP contribution < -0.4 is 10.6 Å². The zero-order valence-electron chi connectivity index (χ0n) is 15.8. The van der Waals surface area contributed by atoms with E-state index in [9.17, 15) is 0 Å². The lowest BCUT2D eigenvalue weighted by Gasteiger charge is -2.45. The molecule has 0 aromatic carbocycles. The predicted molar refractivity (Wildman–Crippen MR) is 96.1 cm³/mol. The van der Waals surface area contributed by atoms with Crippen LogP contribution in [0.4, 0.5) is 0 Å². The van der Waals surface area contributed by atoms with Crippen molar-refractivity contribution in [1.29, 1.82) is 0 Å². The van der Waals surface area contributed by atoms with Crippen LogP contribution in [0.15, 0.2) is 4.99 Å². The lowest BCUT2D eigenvalue weighted by atomic mass is 10.00. The standard InChI is InChI=1S/C17H36N4O2/c1-7-22-10-8-9-19-16(18-6)20-13-17(4,5)21-11-14(2)23-15(3)12-21/h14-15H,7-13H2,1-6H3,(H2,18,19,20). The highest BCUT2D eigenvalue weighted by Crippen LogP contribution is 2.20. The van der Waals surface area contributed by atoms with Crippen molar-refractivity contribution < 1.29 is 9.47 Å². The van der Waals surface area contributed by atoms with E-state index in [4.69, 9.17) is 9.47 Å². The van der Waals surface area contributed by atoms with Gasteiger partial charge in [0.2, 0.25) is 0 Å². The Morgan fingerprint density at radius 3 is 2.48 bits per heavy atom. The zero-order valence-corrected chi connectivity index (χ0v) is 15.8. The van der Waals surface area contributed by atoms with Gasteiger partial charge in [-0.25, -0.2) is 0 Å². The van der Waals surface area contributed by atoms with Gasteiger partial charge in [0.15, 0.2) is 5.96 Å². The van der Waals surface area contributed by atoms with E-state index in [2.05, 4.69) is 48.2 Å². The monoisotopic (exact) mass is 328 g/mol. The second kappa shape index (κ2) is 10.1. The molecule has 0 saturated carbocycles. The summed E-state index contributed by atoms with van der Waals surface area (Å²) in [6, 6.07) is 0. The molecule has 23 heavy (non-hydrogen) atoms. The van der Waals surface area contributed by atoms with Gasteiger partial charge >= 0.3 is 0 Å². The molecule has 0 spiro atoms. The van der Waals surface area contributed by atoms with E-state index in [-0.39, 0.29) is 17.7 Å². The number of hydrogen-bond donors (Lipinski definition) is 2. The van der Waals surface area contributed by atoms with E-state index < -0.39 is 0 Å². The molecule has 6 nitrogen and oxygen atoms in total. The predicted octanol–water partition coefficient (Wildman–Crippen LogP) is 1.47. The van der Waals surface area contributed by atoms with Gasteiger partial charge in [0, 0.05) is 52.0 Å². The van der Waals surface area contributed by atoms with Crippen LogP contribution in [0, 0.1) is 0 Å². The fourth-order valence-electron chi connectivity index (χ4n) is 2.83. The second-order valence-corrected chi connectivity index (χ2v) is 6.88. The molecular formula is C17H36N4O2. The Morgan fingerprint density at radius 2 is 1.91 bits per heavy atom. The van der Waals surface area contributed by atoms with Crippen molar-refractivity contribution in [2.45, 2.75) is 58.8 Å². The van der Waals surface area contributed by atoms with Crippen LogP contribution in [0.1, 0.15) is 41.0 Å². The van der Waals surface area contributed by atoms with Gasteiger partial charge in [-0.2, -0.15) is 0 Å². The van der Waals surface area contributed by atoms with Crippen molar-refractivity contribution in [2.24, 2.45) is 4.99 Å². The number of nitrogens with zero attached hydrogens (tertiary/aromatic N) is 2. The van der Waals surface area contributed by atoms with Gasteiger partial charge in [0.05, 0.1) is 12.2 Å². The second-order valence-electron chi connectivity index (χ2n) is 6.88. The molecule has 1 fully saturated rings. The first-order valence-corrected chi connectivity index (χ1v) is 8.81. The summed E-state index contributed by atoms with van der Waals surface area (Å²) in [5.41, 5.74) is 0.0508. The number of nitrogens with one attached hydrogen (secondary N) is 2. The third-order valence-electron chi connectivity index (χ3n) is 4.15. The van der Waals surface area contributed by atoms with Crippen molar-refractivity contribution >= 4 is 5.96 Å². The minimum atomic E-state index is 0.0508. The minimum Gasteiger partial charge on any atom is -0.382 e. The van der Waals surface area contributed by atoms with Crippen LogP contribution in [-0.2, 0) is 9.47 Å². The van der Waals surface area contributed by atoms with Crippen LogP contribution in [0.3, 0.4) is 0 Å². The normalized spacial score (nSPS) is 23.8.